The molecule has 8 heteroatoms. The molecule has 1 fully saturated rings. The number of hydrogen-bond donors (Lipinski definition) is 1. The molecule has 0 aliphatic carbocycles. The highest BCUT2D eigenvalue weighted by Gasteiger charge is 2.37. The van der Waals surface area contributed by atoms with Gasteiger partial charge in [-0.05, 0) is 55.5 Å². The fourth-order valence-corrected chi connectivity index (χ4v) is 3.69. The van der Waals surface area contributed by atoms with E-state index < -0.39 is 11.7 Å². The van der Waals surface area contributed by atoms with Gasteiger partial charge in [-0.1, -0.05) is 12.1 Å². The van der Waals surface area contributed by atoms with Crippen LogP contribution in [0.25, 0.3) is 0 Å². The van der Waals surface area contributed by atoms with Crippen molar-refractivity contribution < 1.29 is 22.7 Å². The summed E-state index contributed by atoms with van der Waals surface area (Å²) >= 11 is 0. The molecule has 1 aromatic carbocycles. The molecule has 1 amide bonds. The first-order valence-corrected chi connectivity index (χ1v) is 10.1. The molecule has 5 nitrogen and oxygen atoms in total. The highest BCUT2D eigenvalue weighted by molar-refractivity contribution is 5.79. The lowest BCUT2D eigenvalue weighted by Crippen LogP contribution is -2.44. The SMILES string of the molecule is COc1ccc(CCCNC(=O)C2CCCN(c3ncccc3C(F)(F)F)C2)cc1. The van der Waals surface area contributed by atoms with Crippen molar-refractivity contribution in [2.75, 3.05) is 31.6 Å². The minimum Gasteiger partial charge on any atom is -0.497 e. The second kappa shape index (κ2) is 9.82. The molecule has 2 heterocycles. The van der Waals surface area contributed by atoms with Crippen molar-refractivity contribution in [2.45, 2.75) is 31.9 Å². The van der Waals surface area contributed by atoms with Crippen LogP contribution in [0, 0.1) is 5.92 Å². The maximum atomic E-state index is 13.3. The number of anilines is 1. The van der Waals surface area contributed by atoms with Gasteiger partial charge in [-0.3, -0.25) is 4.79 Å². The number of carbonyl (C=O) groups is 1. The molecule has 0 spiro atoms. The van der Waals surface area contributed by atoms with Crippen LogP contribution in [0.2, 0.25) is 0 Å². The summed E-state index contributed by atoms with van der Waals surface area (Å²) in [5, 5.41) is 2.93. The van der Waals surface area contributed by atoms with Crippen LogP contribution in [0.3, 0.4) is 0 Å². The standard InChI is InChI=1S/C22H26F3N3O2/c1-30-18-10-8-16(9-11-18)5-2-13-27-21(29)17-6-4-14-28(15-17)20-19(22(23,24)25)7-3-12-26-20/h3,7-12,17H,2,4-6,13-15H2,1H3,(H,27,29). The lowest BCUT2D eigenvalue weighted by molar-refractivity contribution is -0.137. The molecule has 1 aliphatic heterocycles. The van der Waals surface area contributed by atoms with Crippen LogP contribution in [-0.2, 0) is 17.4 Å². The van der Waals surface area contributed by atoms with E-state index in [2.05, 4.69) is 10.3 Å². The van der Waals surface area contributed by atoms with E-state index in [9.17, 15) is 18.0 Å². The summed E-state index contributed by atoms with van der Waals surface area (Å²) in [6, 6.07) is 10.1. The third-order valence-electron chi connectivity index (χ3n) is 5.28. The fourth-order valence-electron chi connectivity index (χ4n) is 3.69. The maximum Gasteiger partial charge on any atom is 0.419 e. The summed E-state index contributed by atoms with van der Waals surface area (Å²) in [6.07, 6.45) is -0.197. The Hall–Kier alpha value is -2.77. The molecule has 1 unspecified atom stereocenters. The van der Waals surface area contributed by atoms with E-state index >= 15 is 0 Å². The topological polar surface area (TPSA) is 54.5 Å². The molecule has 162 valence electrons. The van der Waals surface area contributed by atoms with Gasteiger partial charge in [-0.15, -0.1) is 0 Å². The number of hydrogen-bond acceptors (Lipinski definition) is 4. The largest absolute Gasteiger partial charge is 0.497 e. The van der Waals surface area contributed by atoms with Crippen LogP contribution in [0.15, 0.2) is 42.6 Å². The van der Waals surface area contributed by atoms with Crippen molar-refractivity contribution >= 4 is 11.7 Å². The Bertz CT molecular complexity index is 840. The Morgan fingerprint density at radius 3 is 2.73 bits per heavy atom. The number of rotatable bonds is 7. The zero-order valence-corrected chi connectivity index (χ0v) is 16.9. The van der Waals surface area contributed by atoms with E-state index in [4.69, 9.17) is 4.74 Å². The molecule has 30 heavy (non-hydrogen) atoms. The van der Waals surface area contributed by atoms with Crippen LogP contribution in [0.1, 0.15) is 30.4 Å². The van der Waals surface area contributed by atoms with Gasteiger partial charge in [0, 0.05) is 25.8 Å². The van der Waals surface area contributed by atoms with E-state index in [-0.39, 0.29) is 24.2 Å². The summed E-state index contributed by atoms with van der Waals surface area (Å²) < 4.78 is 45.0. The predicted octanol–water partition coefficient (Wildman–Crippen LogP) is 4.07. The summed E-state index contributed by atoms with van der Waals surface area (Å²) in [4.78, 5) is 18.1. The van der Waals surface area contributed by atoms with Crippen molar-refractivity contribution in [3.05, 3.63) is 53.7 Å². The zero-order valence-electron chi connectivity index (χ0n) is 16.9. The Morgan fingerprint density at radius 2 is 2.03 bits per heavy atom. The molecule has 0 saturated carbocycles. The third kappa shape index (κ3) is 5.64. The number of halogens is 3. The van der Waals surface area contributed by atoms with E-state index in [1.165, 1.54) is 12.3 Å². The monoisotopic (exact) mass is 421 g/mol. The van der Waals surface area contributed by atoms with E-state index in [1.54, 1.807) is 12.0 Å². The highest BCUT2D eigenvalue weighted by Crippen LogP contribution is 2.36. The molecule has 3 rings (SSSR count). The Balaban J connectivity index is 1.51. The number of nitrogens with zero attached hydrogens (tertiary/aromatic N) is 2. The van der Waals surface area contributed by atoms with Gasteiger partial charge >= 0.3 is 6.18 Å². The lowest BCUT2D eigenvalue weighted by Gasteiger charge is -2.34. The number of ether oxygens (including phenoxy) is 1. The summed E-state index contributed by atoms with van der Waals surface area (Å²) in [7, 11) is 1.62. The van der Waals surface area contributed by atoms with Gasteiger partial charge in [0.15, 0.2) is 0 Å². The first-order valence-electron chi connectivity index (χ1n) is 10.1. The van der Waals surface area contributed by atoms with Gasteiger partial charge in [0.25, 0.3) is 0 Å². The fraction of sp³-hybridized carbons (Fsp3) is 0.455. The summed E-state index contributed by atoms with van der Waals surface area (Å²) in [6.45, 7) is 1.23. The number of piperidine rings is 1. The predicted molar refractivity (Wildman–Crippen MR) is 109 cm³/mol. The smallest absolute Gasteiger partial charge is 0.419 e. The first kappa shape index (κ1) is 21.9. The first-order chi connectivity index (χ1) is 14.4. The normalized spacial score (nSPS) is 16.9. The molecule has 1 saturated heterocycles. The molecular formula is C22H26F3N3O2. The number of benzene rings is 1. The number of carbonyl (C=O) groups excluding carboxylic acids is 1. The van der Waals surface area contributed by atoms with Crippen molar-refractivity contribution in [1.82, 2.24) is 10.3 Å². The van der Waals surface area contributed by atoms with Gasteiger partial charge in [-0.25, -0.2) is 4.98 Å². The quantitative estimate of drug-likeness (QED) is 0.685. The second-order valence-electron chi connectivity index (χ2n) is 7.40. The van der Waals surface area contributed by atoms with Crippen LogP contribution in [0.5, 0.6) is 5.75 Å². The number of alkyl halides is 3. The van der Waals surface area contributed by atoms with Crippen molar-refractivity contribution in [2.24, 2.45) is 5.92 Å². The minimum absolute atomic E-state index is 0.0954. The van der Waals surface area contributed by atoms with E-state index in [0.717, 1.165) is 30.2 Å². The average Bonchev–Trinajstić information content (AvgIpc) is 2.76. The third-order valence-corrected chi connectivity index (χ3v) is 5.28. The molecule has 1 atom stereocenters. The van der Waals surface area contributed by atoms with Gasteiger partial charge in [0.05, 0.1) is 18.6 Å². The van der Waals surface area contributed by atoms with Crippen LogP contribution in [0.4, 0.5) is 19.0 Å². The minimum atomic E-state index is -4.47. The molecule has 0 radical (unpaired) electrons. The number of aromatic nitrogens is 1. The number of amides is 1. The van der Waals surface area contributed by atoms with E-state index in [1.807, 2.05) is 24.3 Å². The molecule has 1 aliphatic rings. The summed E-state index contributed by atoms with van der Waals surface area (Å²) in [5.41, 5.74) is 0.397. The molecule has 1 aromatic heterocycles. The van der Waals surface area contributed by atoms with Crippen LogP contribution < -0.4 is 15.0 Å². The van der Waals surface area contributed by atoms with Gasteiger partial charge in [0.1, 0.15) is 11.6 Å². The van der Waals surface area contributed by atoms with Gasteiger partial charge in [0.2, 0.25) is 5.91 Å². The van der Waals surface area contributed by atoms with Gasteiger partial charge < -0.3 is 15.0 Å². The van der Waals surface area contributed by atoms with Gasteiger partial charge in [-0.2, -0.15) is 13.2 Å². The Morgan fingerprint density at radius 1 is 1.27 bits per heavy atom. The molecular weight excluding hydrogens is 395 g/mol. The Kier molecular flexibility index (Phi) is 7.18. The molecule has 1 N–H and O–H groups in total. The zero-order chi connectivity index (χ0) is 21.6. The Labute approximate surface area is 174 Å². The molecule has 0 bridgehead atoms. The van der Waals surface area contributed by atoms with Crippen LogP contribution >= 0.6 is 0 Å². The van der Waals surface area contributed by atoms with E-state index in [0.29, 0.717) is 25.9 Å². The number of pyridine rings is 1. The van der Waals surface area contributed by atoms with Crippen molar-refractivity contribution in [3.63, 3.8) is 0 Å². The van der Waals surface area contributed by atoms with Crippen molar-refractivity contribution in [3.8, 4) is 5.75 Å². The number of nitrogens with one attached hydrogen (secondary N) is 1. The van der Waals surface area contributed by atoms with Crippen LogP contribution in [-0.4, -0.2) is 37.6 Å². The van der Waals surface area contributed by atoms with Crippen molar-refractivity contribution in [1.29, 1.82) is 0 Å². The average molecular weight is 421 g/mol. The highest BCUT2D eigenvalue weighted by atomic mass is 19.4. The maximum absolute atomic E-state index is 13.3. The number of aryl methyl sites for hydroxylation is 1. The lowest BCUT2D eigenvalue weighted by atomic mass is 9.96. The number of methoxy groups -OCH3 is 1. The molecule has 2 aromatic rings. The summed E-state index contributed by atoms with van der Waals surface area (Å²) in [5.74, 6) is 0.249. The second-order valence-corrected chi connectivity index (χ2v) is 7.40.